The fourth-order valence-corrected chi connectivity index (χ4v) is 1.30. The first-order valence-corrected chi connectivity index (χ1v) is 4.51. The van der Waals surface area contributed by atoms with E-state index in [1.54, 1.807) is 6.92 Å². The molecule has 2 atom stereocenters. The van der Waals surface area contributed by atoms with E-state index in [1.807, 2.05) is 0 Å². The molecule has 68 valence electrons. The van der Waals surface area contributed by atoms with Gasteiger partial charge >= 0.3 is 0 Å². The van der Waals surface area contributed by atoms with Crippen LogP contribution in [0.1, 0.15) is 39.5 Å². The van der Waals surface area contributed by atoms with E-state index in [0.717, 1.165) is 6.42 Å². The zero-order valence-electron chi connectivity index (χ0n) is 7.58. The lowest BCUT2D eigenvalue weighted by atomic mass is 9.88. The Kier molecular flexibility index (Phi) is 6.57. The highest BCUT2D eigenvalue weighted by Gasteiger charge is 2.17. The maximum Gasteiger partial charge on any atom is 0.0565 e. The lowest BCUT2D eigenvalue weighted by molar-refractivity contribution is 0.0793. The van der Waals surface area contributed by atoms with E-state index in [1.165, 1.54) is 19.3 Å². The third-order valence-corrected chi connectivity index (χ3v) is 2.07. The van der Waals surface area contributed by atoms with E-state index in [0.29, 0.717) is 5.92 Å². The largest absolute Gasteiger partial charge is 0.397 e. The monoisotopic (exact) mass is 160 g/mol. The predicted molar refractivity (Wildman–Crippen MR) is 46.4 cm³/mol. The number of rotatable bonds is 0. The van der Waals surface area contributed by atoms with E-state index in [-0.39, 0.29) is 12.7 Å². The smallest absolute Gasteiger partial charge is 0.0565 e. The summed E-state index contributed by atoms with van der Waals surface area (Å²) in [5, 5.41) is 16.7. The van der Waals surface area contributed by atoms with E-state index >= 15 is 0 Å². The molecular weight excluding hydrogens is 140 g/mol. The molecule has 0 aromatic carbocycles. The molecule has 1 saturated carbocycles. The lowest BCUT2D eigenvalue weighted by Gasteiger charge is -2.23. The normalized spacial score (nSPS) is 30.5. The first-order valence-electron chi connectivity index (χ1n) is 4.51. The van der Waals surface area contributed by atoms with Gasteiger partial charge in [-0.15, -0.1) is 0 Å². The average molecular weight is 160 g/mol. The molecule has 0 spiro atoms. The second kappa shape index (κ2) is 6.62. The van der Waals surface area contributed by atoms with Crippen LogP contribution in [0.3, 0.4) is 0 Å². The van der Waals surface area contributed by atoms with Gasteiger partial charge in [-0.25, -0.2) is 0 Å². The predicted octanol–water partition coefficient (Wildman–Crippen LogP) is 1.56. The Hall–Kier alpha value is -0.0800. The summed E-state index contributed by atoms with van der Waals surface area (Å²) in [5.41, 5.74) is 0. The van der Waals surface area contributed by atoms with Crippen LogP contribution >= 0.6 is 0 Å². The first-order chi connectivity index (χ1) is 5.22. The molecule has 0 aromatic rings. The highest BCUT2D eigenvalue weighted by molar-refractivity contribution is 4.69. The Balaban J connectivity index is 0.000000292. The highest BCUT2D eigenvalue weighted by Crippen LogP contribution is 2.22. The minimum Gasteiger partial charge on any atom is -0.397 e. The van der Waals surface area contributed by atoms with Crippen molar-refractivity contribution in [2.75, 3.05) is 6.61 Å². The average Bonchev–Trinajstić information content (AvgIpc) is 1.97. The van der Waals surface area contributed by atoms with Crippen molar-refractivity contribution in [3.05, 3.63) is 0 Å². The Morgan fingerprint density at radius 1 is 1.27 bits per heavy atom. The van der Waals surface area contributed by atoms with Crippen LogP contribution < -0.4 is 0 Å². The second-order valence-electron chi connectivity index (χ2n) is 3.15. The molecule has 0 aromatic heterocycles. The summed E-state index contributed by atoms with van der Waals surface area (Å²) in [4.78, 5) is 0. The molecule has 1 aliphatic rings. The summed E-state index contributed by atoms with van der Waals surface area (Å²) >= 11 is 0. The van der Waals surface area contributed by atoms with Gasteiger partial charge in [0, 0.05) is 6.61 Å². The first kappa shape index (κ1) is 10.9. The van der Waals surface area contributed by atoms with Gasteiger partial charge in [0.25, 0.3) is 0 Å². The zero-order chi connectivity index (χ0) is 8.69. The number of aliphatic hydroxyl groups excluding tert-OH is 2. The standard InChI is InChI=1S/C7H14O.C2H6O/c1-6-4-2-3-5-7(6)8;1-2-3/h6-8H,2-5H2,1H3;3H,2H2,1H3. The van der Waals surface area contributed by atoms with Gasteiger partial charge in [0.1, 0.15) is 0 Å². The van der Waals surface area contributed by atoms with E-state index in [2.05, 4.69) is 6.92 Å². The highest BCUT2D eigenvalue weighted by atomic mass is 16.3. The Morgan fingerprint density at radius 3 is 2.00 bits per heavy atom. The third kappa shape index (κ3) is 5.22. The van der Waals surface area contributed by atoms with Gasteiger partial charge in [-0.3, -0.25) is 0 Å². The van der Waals surface area contributed by atoms with Crippen molar-refractivity contribution in [3.8, 4) is 0 Å². The minimum absolute atomic E-state index is 0.00347. The molecule has 0 aliphatic heterocycles. The van der Waals surface area contributed by atoms with Crippen LogP contribution in [0.2, 0.25) is 0 Å². The molecular formula is C9H20O2. The summed E-state index contributed by atoms with van der Waals surface area (Å²) in [6.07, 6.45) is 4.80. The lowest BCUT2D eigenvalue weighted by Crippen LogP contribution is -2.21. The Bertz CT molecular complexity index is 73.6. The van der Waals surface area contributed by atoms with Crippen molar-refractivity contribution in [2.24, 2.45) is 5.92 Å². The Labute approximate surface area is 69.2 Å². The van der Waals surface area contributed by atoms with Crippen LogP contribution in [-0.4, -0.2) is 22.9 Å². The molecule has 0 bridgehead atoms. The fourth-order valence-electron chi connectivity index (χ4n) is 1.30. The molecule has 0 amide bonds. The SMILES string of the molecule is CC1CCCCC1O.CCO. The fraction of sp³-hybridized carbons (Fsp3) is 1.00. The number of aliphatic hydroxyl groups is 2. The van der Waals surface area contributed by atoms with Gasteiger partial charge in [0.2, 0.25) is 0 Å². The van der Waals surface area contributed by atoms with Gasteiger partial charge < -0.3 is 10.2 Å². The molecule has 0 saturated heterocycles. The Morgan fingerprint density at radius 2 is 1.73 bits per heavy atom. The summed E-state index contributed by atoms with van der Waals surface area (Å²) < 4.78 is 0. The summed E-state index contributed by atoms with van der Waals surface area (Å²) in [5.74, 6) is 0.559. The van der Waals surface area contributed by atoms with Crippen molar-refractivity contribution < 1.29 is 10.2 Å². The molecule has 1 aliphatic carbocycles. The second-order valence-corrected chi connectivity index (χ2v) is 3.15. The molecule has 2 N–H and O–H groups in total. The molecule has 1 rings (SSSR count). The summed E-state index contributed by atoms with van der Waals surface area (Å²) in [6, 6.07) is 0. The van der Waals surface area contributed by atoms with Gasteiger partial charge in [0.15, 0.2) is 0 Å². The van der Waals surface area contributed by atoms with Crippen LogP contribution in [0.4, 0.5) is 0 Å². The van der Waals surface area contributed by atoms with Gasteiger partial charge in [-0.2, -0.15) is 0 Å². The number of hydrogen-bond acceptors (Lipinski definition) is 2. The van der Waals surface area contributed by atoms with Crippen LogP contribution in [0, 0.1) is 5.92 Å². The van der Waals surface area contributed by atoms with Crippen LogP contribution in [-0.2, 0) is 0 Å². The molecule has 11 heavy (non-hydrogen) atoms. The molecule has 2 unspecified atom stereocenters. The van der Waals surface area contributed by atoms with Crippen molar-refractivity contribution in [2.45, 2.75) is 45.6 Å². The maximum absolute atomic E-state index is 9.18. The van der Waals surface area contributed by atoms with Gasteiger partial charge in [-0.1, -0.05) is 19.8 Å². The van der Waals surface area contributed by atoms with Gasteiger partial charge in [-0.05, 0) is 25.7 Å². The molecule has 0 radical (unpaired) electrons. The van der Waals surface area contributed by atoms with E-state index < -0.39 is 0 Å². The molecule has 2 heteroatoms. The summed E-state index contributed by atoms with van der Waals surface area (Å²) in [6.45, 7) is 4.06. The zero-order valence-corrected chi connectivity index (χ0v) is 7.58. The third-order valence-electron chi connectivity index (χ3n) is 2.07. The quantitative estimate of drug-likeness (QED) is 0.564. The summed E-state index contributed by atoms with van der Waals surface area (Å²) in [7, 11) is 0. The van der Waals surface area contributed by atoms with Gasteiger partial charge in [0.05, 0.1) is 6.10 Å². The number of hydrogen-bond donors (Lipinski definition) is 2. The van der Waals surface area contributed by atoms with Crippen LogP contribution in [0.25, 0.3) is 0 Å². The maximum atomic E-state index is 9.18. The molecule has 2 nitrogen and oxygen atoms in total. The molecule has 1 fully saturated rings. The van der Waals surface area contributed by atoms with Crippen LogP contribution in [0.15, 0.2) is 0 Å². The van der Waals surface area contributed by atoms with Crippen molar-refractivity contribution in [3.63, 3.8) is 0 Å². The van der Waals surface area contributed by atoms with Crippen molar-refractivity contribution in [1.82, 2.24) is 0 Å². The van der Waals surface area contributed by atoms with E-state index in [4.69, 9.17) is 5.11 Å². The topological polar surface area (TPSA) is 40.5 Å². The van der Waals surface area contributed by atoms with Crippen LogP contribution in [0.5, 0.6) is 0 Å². The van der Waals surface area contributed by atoms with E-state index in [9.17, 15) is 5.11 Å². The molecule has 0 heterocycles. The van der Waals surface area contributed by atoms with Crippen molar-refractivity contribution >= 4 is 0 Å². The van der Waals surface area contributed by atoms with Crippen molar-refractivity contribution in [1.29, 1.82) is 0 Å². The minimum atomic E-state index is 0.00347.